The number of carbonyl (C=O) groups is 1. The number of amides is 1. The molecule has 2 N–H and O–H groups in total. The Bertz CT molecular complexity index is 992. The molecule has 0 saturated carbocycles. The van der Waals surface area contributed by atoms with Gasteiger partial charge in [-0.2, -0.15) is 5.10 Å². The van der Waals surface area contributed by atoms with Gasteiger partial charge in [0.05, 0.1) is 19.9 Å². The summed E-state index contributed by atoms with van der Waals surface area (Å²) in [6.45, 7) is 0.565. The molecule has 7 heteroatoms. The summed E-state index contributed by atoms with van der Waals surface area (Å²) in [6.07, 6.45) is 1.56. The van der Waals surface area contributed by atoms with Gasteiger partial charge in [0, 0.05) is 10.2 Å². The highest BCUT2D eigenvalue weighted by molar-refractivity contribution is 9.10. The molecule has 0 heterocycles. The van der Waals surface area contributed by atoms with Crippen molar-refractivity contribution in [3.05, 3.63) is 88.4 Å². The lowest BCUT2D eigenvalue weighted by atomic mass is 10.2. The van der Waals surface area contributed by atoms with Crippen LogP contribution in [0, 0.1) is 0 Å². The average molecular weight is 468 g/mol. The number of rotatable bonds is 9. The summed E-state index contributed by atoms with van der Waals surface area (Å²) in [5, 5.41) is 7.02. The minimum Gasteiger partial charge on any atom is -0.493 e. The molecule has 0 aliphatic rings. The Kier molecular flexibility index (Phi) is 7.86. The van der Waals surface area contributed by atoms with Crippen molar-refractivity contribution in [2.45, 2.75) is 6.61 Å². The zero-order chi connectivity index (χ0) is 21.2. The summed E-state index contributed by atoms with van der Waals surface area (Å²) in [5.41, 5.74) is 5.20. The summed E-state index contributed by atoms with van der Waals surface area (Å²) in [5.74, 6) is 0.985. The van der Waals surface area contributed by atoms with Gasteiger partial charge in [-0.3, -0.25) is 4.79 Å². The van der Waals surface area contributed by atoms with Crippen molar-refractivity contribution in [2.24, 2.45) is 5.10 Å². The van der Waals surface area contributed by atoms with Crippen LogP contribution in [0.5, 0.6) is 11.5 Å². The molecule has 0 atom stereocenters. The molecule has 1 amide bonds. The van der Waals surface area contributed by atoms with Crippen molar-refractivity contribution in [1.29, 1.82) is 0 Å². The van der Waals surface area contributed by atoms with Crippen LogP contribution in [0.1, 0.15) is 11.1 Å². The number of ether oxygens (including phenoxy) is 2. The van der Waals surface area contributed by atoms with Crippen molar-refractivity contribution in [3.8, 4) is 11.5 Å². The second kappa shape index (κ2) is 11.0. The fourth-order valence-electron chi connectivity index (χ4n) is 2.58. The van der Waals surface area contributed by atoms with Crippen molar-refractivity contribution in [2.75, 3.05) is 19.0 Å². The number of para-hydroxylation sites is 1. The fourth-order valence-corrected chi connectivity index (χ4v) is 2.85. The smallest absolute Gasteiger partial charge is 0.259 e. The van der Waals surface area contributed by atoms with Gasteiger partial charge in [-0.15, -0.1) is 0 Å². The predicted molar refractivity (Wildman–Crippen MR) is 122 cm³/mol. The minimum atomic E-state index is -0.239. The van der Waals surface area contributed by atoms with Gasteiger partial charge in [0.25, 0.3) is 5.91 Å². The van der Waals surface area contributed by atoms with Gasteiger partial charge in [-0.25, -0.2) is 5.43 Å². The second-order valence-corrected chi connectivity index (χ2v) is 7.25. The molecule has 6 nitrogen and oxygen atoms in total. The van der Waals surface area contributed by atoms with E-state index < -0.39 is 0 Å². The highest BCUT2D eigenvalue weighted by atomic mass is 79.9. The molecule has 154 valence electrons. The Morgan fingerprint density at radius 2 is 1.80 bits per heavy atom. The van der Waals surface area contributed by atoms with Gasteiger partial charge in [-0.1, -0.05) is 46.3 Å². The number of nitrogens with one attached hydrogen (secondary N) is 2. The molecule has 0 fully saturated rings. The van der Waals surface area contributed by atoms with Gasteiger partial charge in [0.15, 0.2) is 11.5 Å². The first-order chi connectivity index (χ1) is 14.6. The molecule has 0 radical (unpaired) electrons. The maximum absolute atomic E-state index is 11.9. The van der Waals surface area contributed by atoms with Gasteiger partial charge in [-0.05, 0) is 53.6 Å². The van der Waals surface area contributed by atoms with E-state index >= 15 is 0 Å². The van der Waals surface area contributed by atoms with Gasteiger partial charge in [0.1, 0.15) is 6.61 Å². The fraction of sp³-hybridized carbons (Fsp3) is 0.130. The van der Waals surface area contributed by atoms with E-state index in [1.807, 2.05) is 66.7 Å². The molecule has 0 aliphatic carbocycles. The lowest BCUT2D eigenvalue weighted by Crippen LogP contribution is -2.25. The number of anilines is 1. The van der Waals surface area contributed by atoms with Crippen LogP contribution >= 0.6 is 15.9 Å². The van der Waals surface area contributed by atoms with E-state index in [0.29, 0.717) is 18.1 Å². The van der Waals surface area contributed by atoms with E-state index in [9.17, 15) is 4.79 Å². The van der Waals surface area contributed by atoms with E-state index in [0.717, 1.165) is 21.3 Å². The molecular formula is C23H22BrN3O3. The molecule has 0 saturated heterocycles. The van der Waals surface area contributed by atoms with Crippen molar-refractivity contribution in [1.82, 2.24) is 5.43 Å². The van der Waals surface area contributed by atoms with Crippen LogP contribution in [0.2, 0.25) is 0 Å². The van der Waals surface area contributed by atoms with Crippen LogP contribution < -0.4 is 20.2 Å². The van der Waals surface area contributed by atoms with Crippen LogP contribution in [0.15, 0.2) is 82.4 Å². The largest absolute Gasteiger partial charge is 0.493 e. The lowest BCUT2D eigenvalue weighted by Gasteiger charge is -2.11. The molecule has 30 heavy (non-hydrogen) atoms. The van der Waals surface area contributed by atoms with Gasteiger partial charge >= 0.3 is 0 Å². The van der Waals surface area contributed by atoms with Crippen LogP contribution in [-0.2, 0) is 11.4 Å². The summed E-state index contributed by atoms with van der Waals surface area (Å²) >= 11 is 3.42. The topological polar surface area (TPSA) is 72.0 Å². The predicted octanol–water partition coefficient (Wildman–Crippen LogP) is 4.60. The Balaban J connectivity index is 1.52. The zero-order valence-corrected chi connectivity index (χ0v) is 18.1. The van der Waals surface area contributed by atoms with Gasteiger partial charge in [0.2, 0.25) is 0 Å². The number of halogens is 1. The molecule has 0 aromatic heterocycles. The van der Waals surface area contributed by atoms with Crippen molar-refractivity contribution < 1.29 is 14.3 Å². The Labute approximate surface area is 184 Å². The molecule has 3 aromatic rings. The van der Waals surface area contributed by atoms with E-state index in [2.05, 4.69) is 31.8 Å². The third-order valence-corrected chi connectivity index (χ3v) is 4.65. The van der Waals surface area contributed by atoms with Crippen LogP contribution in [0.4, 0.5) is 5.69 Å². The first kappa shape index (κ1) is 21.4. The Morgan fingerprint density at radius 3 is 2.53 bits per heavy atom. The van der Waals surface area contributed by atoms with Crippen LogP contribution in [0.3, 0.4) is 0 Å². The van der Waals surface area contributed by atoms with E-state index in [4.69, 9.17) is 9.47 Å². The third kappa shape index (κ3) is 6.63. The van der Waals surface area contributed by atoms with E-state index in [1.54, 1.807) is 19.4 Å². The number of nitrogens with zero attached hydrogens (tertiary/aromatic N) is 1. The van der Waals surface area contributed by atoms with E-state index in [1.165, 1.54) is 0 Å². The highest BCUT2D eigenvalue weighted by Crippen LogP contribution is 2.28. The van der Waals surface area contributed by atoms with Crippen LogP contribution in [0.25, 0.3) is 0 Å². The third-order valence-electron chi connectivity index (χ3n) is 4.13. The maximum atomic E-state index is 11.9. The van der Waals surface area contributed by atoms with Crippen LogP contribution in [-0.4, -0.2) is 25.8 Å². The quantitative estimate of drug-likeness (QED) is 0.356. The number of benzene rings is 3. The maximum Gasteiger partial charge on any atom is 0.259 e. The lowest BCUT2D eigenvalue weighted by molar-refractivity contribution is -0.119. The van der Waals surface area contributed by atoms with Crippen molar-refractivity contribution in [3.63, 3.8) is 0 Å². The first-order valence-corrected chi connectivity index (χ1v) is 10.1. The molecule has 0 unspecified atom stereocenters. The number of hydrogen-bond acceptors (Lipinski definition) is 5. The summed E-state index contributed by atoms with van der Waals surface area (Å²) in [7, 11) is 1.58. The normalized spacial score (nSPS) is 10.6. The summed E-state index contributed by atoms with van der Waals surface area (Å²) in [6, 6.07) is 22.9. The van der Waals surface area contributed by atoms with E-state index in [-0.39, 0.29) is 12.5 Å². The Hall–Kier alpha value is -3.32. The standard InChI is InChI=1S/C23H22BrN3O3/c1-29-22-13-18(9-12-21(22)30-16-17-7-10-19(24)11-8-17)14-26-27-23(28)15-25-20-5-3-2-4-6-20/h2-14,25H,15-16H2,1H3,(H,27,28)/b26-14-. The monoisotopic (exact) mass is 467 g/mol. The van der Waals surface area contributed by atoms with Crippen molar-refractivity contribution >= 4 is 33.7 Å². The molecule has 0 bridgehead atoms. The zero-order valence-electron chi connectivity index (χ0n) is 16.5. The SMILES string of the molecule is COc1cc(/C=N\NC(=O)CNc2ccccc2)ccc1OCc1ccc(Br)cc1. The number of hydrogen-bond donors (Lipinski definition) is 2. The summed E-state index contributed by atoms with van der Waals surface area (Å²) < 4.78 is 12.3. The Morgan fingerprint density at radius 1 is 1.03 bits per heavy atom. The molecular weight excluding hydrogens is 446 g/mol. The minimum absolute atomic E-state index is 0.132. The number of hydrazone groups is 1. The van der Waals surface area contributed by atoms with Gasteiger partial charge < -0.3 is 14.8 Å². The number of carbonyl (C=O) groups excluding carboxylic acids is 1. The average Bonchev–Trinajstić information content (AvgIpc) is 2.78. The molecule has 0 aliphatic heterocycles. The molecule has 3 rings (SSSR count). The first-order valence-electron chi connectivity index (χ1n) is 9.30. The number of methoxy groups -OCH3 is 1. The summed E-state index contributed by atoms with van der Waals surface area (Å²) in [4.78, 5) is 11.9. The molecule has 0 spiro atoms. The highest BCUT2D eigenvalue weighted by Gasteiger charge is 2.06. The second-order valence-electron chi connectivity index (χ2n) is 6.34. The molecule has 3 aromatic carbocycles.